The molecule has 0 saturated carbocycles. The second-order valence-electron chi connectivity index (χ2n) is 4.28. The van der Waals surface area contributed by atoms with E-state index in [4.69, 9.17) is 0 Å². The van der Waals surface area contributed by atoms with Crippen molar-refractivity contribution < 1.29 is 4.92 Å². The lowest BCUT2D eigenvalue weighted by Gasteiger charge is -2.08. The standard InChI is InChI=1S/C14H12N2O2/c17-16(18)14-7-2-1-4-12(14)10-5-3-6-13-11(10)8-9-15-13/h1-7,15H,8-9H2. The number of nitro benzene ring substituents is 1. The molecule has 0 fully saturated rings. The second kappa shape index (κ2) is 4.14. The molecule has 0 atom stereocenters. The van der Waals surface area contributed by atoms with E-state index in [0.717, 1.165) is 24.2 Å². The lowest BCUT2D eigenvalue weighted by Crippen LogP contribution is -1.93. The van der Waals surface area contributed by atoms with Crippen LogP contribution in [0.4, 0.5) is 11.4 Å². The summed E-state index contributed by atoms with van der Waals surface area (Å²) in [6.45, 7) is 0.896. The van der Waals surface area contributed by atoms with Crippen molar-refractivity contribution in [3.63, 3.8) is 0 Å². The lowest BCUT2D eigenvalue weighted by atomic mass is 9.97. The molecule has 2 aromatic rings. The number of nitrogens with one attached hydrogen (secondary N) is 1. The van der Waals surface area contributed by atoms with Crippen LogP contribution in [0.15, 0.2) is 42.5 Å². The van der Waals surface area contributed by atoms with Gasteiger partial charge in [0.15, 0.2) is 0 Å². The number of nitrogens with zero attached hydrogens (tertiary/aromatic N) is 1. The first kappa shape index (κ1) is 10.8. The van der Waals surface area contributed by atoms with Gasteiger partial charge < -0.3 is 5.32 Å². The van der Waals surface area contributed by atoms with Crippen molar-refractivity contribution in [2.24, 2.45) is 0 Å². The van der Waals surface area contributed by atoms with Crippen LogP contribution in [0.2, 0.25) is 0 Å². The van der Waals surface area contributed by atoms with E-state index in [1.807, 2.05) is 30.3 Å². The van der Waals surface area contributed by atoms with Crippen LogP contribution in [0.1, 0.15) is 5.56 Å². The Labute approximate surface area is 104 Å². The molecule has 0 unspecified atom stereocenters. The SMILES string of the molecule is O=[N+]([O-])c1ccccc1-c1cccc2c1CCN2. The first-order valence-corrected chi connectivity index (χ1v) is 5.87. The Kier molecular flexibility index (Phi) is 2.48. The van der Waals surface area contributed by atoms with Gasteiger partial charge in [-0.15, -0.1) is 0 Å². The Hall–Kier alpha value is -2.36. The molecule has 1 heterocycles. The predicted octanol–water partition coefficient (Wildman–Crippen LogP) is 3.23. The normalized spacial score (nSPS) is 12.9. The maximum atomic E-state index is 11.1. The van der Waals surface area contributed by atoms with E-state index in [9.17, 15) is 10.1 Å². The third kappa shape index (κ3) is 1.62. The van der Waals surface area contributed by atoms with Crippen LogP contribution >= 0.6 is 0 Å². The smallest absolute Gasteiger partial charge is 0.277 e. The molecule has 0 bridgehead atoms. The molecule has 1 N–H and O–H groups in total. The minimum Gasteiger partial charge on any atom is -0.384 e. The summed E-state index contributed by atoms with van der Waals surface area (Å²) < 4.78 is 0. The van der Waals surface area contributed by atoms with Crippen molar-refractivity contribution in [3.8, 4) is 11.1 Å². The number of fused-ring (bicyclic) bond motifs is 1. The summed E-state index contributed by atoms with van der Waals surface area (Å²) >= 11 is 0. The third-order valence-corrected chi connectivity index (χ3v) is 3.26. The monoisotopic (exact) mass is 240 g/mol. The highest BCUT2D eigenvalue weighted by molar-refractivity contribution is 5.81. The minimum absolute atomic E-state index is 0.165. The first-order valence-electron chi connectivity index (χ1n) is 5.87. The Morgan fingerprint density at radius 3 is 2.67 bits per heavy atom. The predicted molar refractivity (Wildman–Crippen MR) is 70.7 cm³/mol. The fourth-order valence-corrected chi connectivity index (χ4v) is 2.46. The Morgan fingerprint density at radius 1 is 1.06 bits per heavy atom. The molecule has 4 heteroatoms. The summed E-state index contributed by atoms with van der Waals surface area (Å²) in [5.41, 5.74) is 4.09. The summed E-state index contributed by atoms with van der Waals surface area (Å²) in [7, 11) is 0. The van der Waals surface area contributed by atoms with Gasteiger partial charge in [-0.05, 0) is 29.7 Å². The Balaban J connectivity index is 2.22. The van der Waals surface area contributed by atoms with Gasteiger partial charge in [-0.3, -0.25) is 10.1 Å². The van der Waals surface area contributed by atoms with Crippen LogP contribution in [0, 0.1) is 10.1 Å². The molecular formula is C14H12N2O2. The second-order valence-corrected chi connectivity index (χ2v) is 4.28. The Bertz CT molecular complexity index is 623. The van der Waals surface area contributed by atoms with Crippen LogP contribution in [-0.4, -0.2) is 11.5 Å². The van der Waals surface area contributed by atoms with Crippen molar-refractivity contribution in [2.45, 2.75) is 6.42 Å². The topological polar surface area (TPSA) is 55.2 Å². The van der Waals surface area contributed by atoms with Crippen molar-refractivity contribution in [1.82, 2.24) is 0 Å². The fraction of sp³-hybridized carbons (Fsp3) is 0.143. The van der Waals surface area contributed by atoms with E-state index in [2.05, 4.69) is 5.32 Å². The van der Waals surface area contributed by atoms with Crippen LogP contribution < -0.4 is 5.32 Å². The van der Waals surface area contributed by atoms with Gasteiger partial charge >= 0.3 is 0 Å². The highest BCUT2D eigenvalue weighted by atomic mass is 16.6. The van der Waals surface area contributed by atoms with Gasteiger partial charge in [-0.2, -0.15) is 0 Å². The molecule has 90 valence electrons. The molecule has 0 aromatic heterocycles. The van der Waals surface area contributed by atoms with Crippen molar-refractivity contribution in [1.29, 1.82) is 0 Å². The number of hydrogen-bond acceptors (Lipinski definition) is 3. The molecule has 0 spiro atoms. The zero-order chi connectivity index (χ0) is 12.5. The summed E-state index contributed by atoms with van der Waals surface area (Å²) in [5.74, 6) is 0. The molecule has 0 saturated heterocycles. The van der Waals surface area contributed by atoms with Crippen molar-refractivity contribution >= 4 is 11.4 Å². The molecule has 4 nitrogen and oxygen atoms in total. The van der Waals surface area contributed by atoms with Crippen LogP contribution in [-0.2, 0) is 6.42 Å². The number of para-hydroxylation sites is 1. The maximum Gasteiger partial charge on any atom is 0.277 e. The van der Waals surface area contributed by atoms with Gasteiger partial charge in [0.05, 0.1) is 10.5 Å². The summed E-state index contributed by atoms with van der Waals surface area (Å²) in [4.78, 5) is 10.8. The highest BCUT2D eigenvalue weighted by Crippen LogP contribution is 2.37. The summed E-state index contributed by atoms with van der Waals surface area (Å²) in [5, 5.41) is 14.4. The molecule has 1 aliphatic rings. The van der Waals surface area contributed by atoms with E-state index in [0.29, 0.717) is 5.56 Å². The average molecular weight is 240 g/mol. The summed E-state index contributed by atoms with van der Waals surface area (Å²) in [6, 6.07) is 12.8. The molecule has 1 aliphatic heterocycles. The van der Waals surface area contributed by atoms with E-state index >= 15 is 0 Å². The molecule has 0 aliphatic carbocycles. The molecule has 0 radical (unpaired) electrons. The van der Waals surface area contributed by atoms with Gasteiger partial charge in [0.2, 0.25) is 0 Å². The van der Waals surface area contributed by atoms with E-state index in [-0.39, 0.29) is 10.6 Å². The van der Waals surface area contributed by atoms with Gasteiger partial charge in [0.1, 0.15) is 0 Å². The third-order valence-electron chi connectivity index (χ3n) is 3.26. The number of anilines is 1. The van der Waals surface area contributed by atoms with E-state index < -0.39 is 0 Å². The van der Waals surface area contributed by atoms with Crippen LogP contribution in [0.25, 0.3) is 11.1 Å². The number of hydrogen-bond donors (Lipinski definition) is 1. The quantitative estimate of drug-likeness (QED) is 0.647. The molecule has 2 aromatic carbocycles. The van der Waals surface area contributed by atoms with Gasteiger partial charge in [0.25, 0.3) is 5.69 Å². The first-order chi connectivity index (χ1) is 8.77. The highest BCUT2D eigenvalue weighted by Gasteiger charge is 2.20. The van der Waals surface area contributed by atoms with Gasteiger partial charge in [0, 0.05) is 18.3 Å². The van der Waals surface area contributed by atoms with Gasteiger partial charge in [-0.1, -0.05) is 24.3 Å². The van der Waals surface area contributed by atoms with Crippen LogP contribution in [0.5, 0.6) is 0 Å². The maximum absolute atomic E-state index is 11.1. The van der Waals surface area contributed by atoms with Crippen molar-refractivity contribution in [2.75, 3.05) is 11.9 Å². The van der Waals surface area contributed by atoms with E-state index in [1.54, 1.807) is 12.1 Å². The number of nitro groups is 1. The van der Waals surface area contributed by atoms with Crippen molar-refractivity contribution in [3.05, 3.63) is 58.1 Å². The van der Waals surface area contributed by atoms with Gasteiger partial charge in [-0.25, -0.2) is 0 Å². The minimum atomic E-state index is -0.322. The summed E-state index contributed by atoms with van der Waals surface area (Å²) in [6.07, 6.45) is 0.914. The molecular weight excluding hydrogens is 228 g/mol. The fourth-order valence-electron chi connectivity index (χ4n) is 2.46. The Morgan fingerprint density at radius 2 is 1.83 bits per heavy atom. The zero-order valence-corrected chi connectivity index (χ0v) is 9.72. The van der Waals surface area contributed by atoms with Crippen LogP contribution in [0.3, 0.4) is 0 Å². The molecule has 0 amide bonds. The number of benzene rings is 2. The zero-order valence-electron chi connectivity index (χ0n) is 9.72. The average Bonchev–Trinajstić information content (AvgIpc) is 2.86. The molecule has 18 heavy (non-hydrogen) atoms. The largest absolute Gasteiger partial charge is 0.384 e. The lowest BCUT2D eigenvalue weighted by molar-refractivity contribution is -0.384. The number of rotatable bonds is 2. The van der Waals surface area contributed by atoms with E-state index in [1.165, 1.54) is 5.56 Å². The molecule has 3 rings (SSSR count).